The van der Waals surface area contributed by atoms with Crippen LogP contribution in [0.3, 0.4) is 0 Å². The molecule has 0 fully saturated rings. The van der Waals surface area contributed by atoms with Gasteiger partial charge in [0.1, 0.15) is 6.04 Å². The van der Waals surface area contributed by atoms with E-state index in [1.54, 1.807) is 18.2 Å². The van der Waals surface area contributed by atoms with E-state index in [0.717, 1.165) is 5.69 Å². The average molecular weight is 194 g/mol. The van der Waals surface area contributed by atoms with E-state index in [9.17, 15) is 4.79 Å². The topological polar surface area (TPSA) is 66.6 Å². The lowest BCUT2D eigenvalue weighted by Crippen LogP contribution is -2.21. The molecule has 0 radical (unpaired) electrons. The summed E-state index contributed by atoms with van der Waals surface area (Å²) in [6, 6.07) is 6.24. The van der Waals surface area contributed by atoms with Gasteiger partial charge in [-0.1, -0.05) is 12.1 Å². The zero-order chi connectivity index (χ0) is 10.7. The van der Waals surface area contributed by atoms with Crippen molar-refractivity contribution in [3.8, 4) is 0 Å². The van der Waals surface area contributed by atoms with E-state index >= 15 is 0 Å². The first kappa shape index (κ1) is 10.5. The Morgan fingerprint density at radius 3 is 2.64 bits per heavy atom. The Bertz CT molecular complexity index is 337. The highest BCUT2D eigenvalue weighted by molar-refractivity contribution is 5.75. The summed E-state index contributed by atoms with van der Waals surface area (Å²) in [5, 5.41) is 8.73. The molecule has 0 spiro atoms. The van der Waals surface area contributed by atoms with Crippen LogP contribution < -0.4 is 10.6 Å². The fourth-order valence-electron chi connectivity index (χ4n) is 1.14. The van der Waals surface area contributed by atoms with Crippen molar-refractivity contribution in [2.45, 2.75) is 6.04 Å². The minimum absolute atomic E-state index is 0.615. The van der Waals surface area contributed by atoms with Crippen LogP contribution in [-0.4, -0.2) is 25.2 Å². The number of benzene rings is 1. The molecule has 3 N–H and O–H groups in total. The van der Waals surface area contributed by atoms with E-state index in [0.29, 0.717) is 5.56 Å². The number of carbonyl (C=O) groups is 1. The summed E-state index contributed by atoms with van der Waals surface area (Å²) >= 11 is 0. The van der Waals surface area contributed by atoms with Crippen LogP contribution in [0.2, 0.25) is 0 Å². The van der Waals surface area contributed by atoms with Crippen molar-refractivity contribution < 1.29 is 9.90 Å². The van der Waals surface area contributed by atoms with E-state index in [1.165, 1.54) is 0 Å². The number of hydrogen-bond donors (Lipinski definition) is 2. The third-order valence-electron chi connectivity index (χ3n) is 2.01. The summed E-state index contributed by atoms with van der Waals surface area (Å²) < 4.78 is 0. The molecule has 14 heavy (non-hydrogen) atoms. The summed E-state index contributed by atoms with van der Waals surface area (Å²) in [4.78, 5) is 12.5. The van der Waals surface area contributed by atoms with Gasteiger partial charge in [0.2, 0.25) is 0 Å². The molecule has 0 aliphatic rings. The van der Waals surface area contributed by atoms with E-state index in [-0.39, 0.29) is 0 Å². The number of hydrogen-bond acceptors (Lipinski definition) is 3. The summed E-state index contributed by atoms with van der Waals surface area (Å²) in [5.41, 5.74) is 7.05. The Morgan fingerprint density at radius 2 is 2.14 bits per heavy atom. The highest BCUT2D eigenvalue weighted by atomic mass is 16.4. The monoisotopic (exact) mass is 194 g/mol. The van der Waals surface area contributed by atoms with E-state index in [4.69, 9.17) is 10.8 Å². The van der Waals surface area contributed by atoms with Crippen molar-refractivity contribution in [1.82, 2.24) is 0 Å². The van der Waals surface area contributed by atoms with Crippen LogP contribution in [-0.2, 0) is 4.79 Å². The molecule has 0 bridgehead atoms. The Morgan fingerprint density at radius 1 is 1.50 bits per heavy atom. The number of nitrogens with two attached hydrogens (primary N) is 1. The van der Waals surface area contributed by atoms with Crippen LogP contribution in [0.1, 0.15) is 11.6 Å². The standard InChI is InChI=1S/C10H14N2O2/c1-12(2)8-5-3-4-7(6-8)9(11)10(13)14/h3-6,9H,11H2,1-2H3,(H,13,14). The molecule has 1 rings (SSSR count). The normalized spacial score (nSPS) is 12.2. The number of aliphatic carboxylic acids is 1. The third-order valence-corrected chi connectivity index (χ3v) is 2.01. The second-order valence-electron chi connectivity index (χ2n) is 3.31. The van der Waals surface area contributed by atoms with Gasteiger partial charge in [-0.25, -0.2) is 0 Å². The van der Waals surface area contributed by atoms with Gasteiger partial charge in [-0.2, -0.15) is 0 Å². The van der Waals surface area contributed by atoms with Crippen LogP contribution in [0, 0.1) is 0 Å². The molecular weight excluding hydrogens is 180 g/mol. The number of carboxylic acids is 1. The molecule has 76 valence electrons. The maximum absolute atomic E-state index is 10.6. The minimum Gasteiger partial charge on any atom is -0.480 e. The molecule has 0 saturated heterocycles. The van der Waals surface area contributed by atoms with Gasteiger partial charge in [-0.05, 0) is 17.7 Å². The summed E-state index contributed by atoms with van der Waals surface area (Å²) in [5.74, 6) is -1.01. The fourth-order valence-corrected chi connectivity index (χ4v) is 1.14. The molecule has 1 aromatic rings. The highest BCUT2D eigenvalue weighted by Crippen LogP contribution is 2.17. The average Bonchev–Trinajstić information content (AvgIpc) is 2.16. The van der Waals surface area contributed by atoms with Crippen molar-refractivity contribution in [2.75, 3.05) is 19.0 Å². The molecule has 0 aromatic heterocycles. The molecule has 0 heterocycles. The lowest BCUT2D eigenvalue weighted by Gasteiger charge is -2.14. The predicted octanol–water partition coefficient (Wildman–Crippen LogP) is 0.837. The van der Waals surface area contributed by atoms with Crippen LogP contribution in [0.15, 0.2) is 24.3 Å². The third kappa shape index (κ3) is 2.23. The second-order valence-corrected chi connectivity index (χ2v) is 3.31. The quantitative estimate of drug-likeness (QED) is 0.748. The van der Waals surface area contributed by atoms with E-state index in [2.05, 4.69) is 0 Å². The molecule has 4 heteroatoms. The predicted molar refractivity (Wildman–Crippen MR) is 55.3 cm³/mol. The number of anilines is 1. The number of rotatable bonds is 3. The summed E-state index contributed by atoms with van der Waals surface area (Å²) in [6.07, 6.45) is 0. The molecule has 1 atom stereocenters. The largest absolute Gasteiger partial charge is 0.480 e. The van der Waals surface area contributed by atoms with Gasteiger partial charge in [0.15, 0.2) is 0 Å². The van der Waals surface area contributed by atoms with E-state index < -0.39 is 12.0 Å². The molecule has 4 nitrogen and oxygen atoms in total. The maximum Gasteiger partial charge on any atom is 0.325 e. The van der Waals surface area contributed by atoms with Crippen LogP contribution in [0.4, 0.5) is 5.69 Å². The molecule has 0 amide bonds. The Kier molecular flexibility index (Phi) is 3.09. The molecule has 1 aromatic carbocycles. The second kappa shape index (κ2) is 4.11. The Labute approximate surface area is 82.9 Å². The van der Waals surface area contributed by atoms with Crippen molar-refractivity contribution >= 4 is 11.7 Å². The van der Waals surface area contributed by atoms with Crippen molar-refractivity contribution in [2.24, 2.45) is 5.73 Å². The molecule has 1 unspecified atom stereocenters. The van der Waals surface area contributed by atoms with Gasteiger partial charge in [0.05, 0.1) is 0 Å². The SMILES string of the molecule is CN(C)c1cccc(C(N)C(=O)O)c1. The van der Waals surface area contributed by atoms with Crippen molar-refractivity contribution in [3.63, 3.8) is 0 Å². The van der Waals surface area contributed by atoms with Gasteiger partial charge in [-0.15, -0.1) is 0 Å². The van der Waals surface area contributed by atoms with Crippen LogP contribution in [0.5, 0.6) is 0 Å². The van der Waals surface area contributed by atoms with E-state index in [1.807, 2.05) is 25.1 Å². The molecule has 0 aliphatic heterocycles. The Balaban J connectivity index is 2.99. The lowest BCUT2D eigenvalue weighted by atomic mass is 10.1. The van der Waals surface area contributed by atoms with Crippen molar-refractivity contribution in [3.05, 3.63) is 29.8 Å². The summed E-state index contributed by atoms with van der Waals surface area (Å²) in [7, 11) is 3.79. The highest BCUT2D eigenvalue weighted by Gasteiger charge is 2.14. The molecule has 0 saturated carbocycles. The van der Waals surface area contributed by atoms with Crippen LogP contribution in [0.25, 0.3) is 0 Å². The first-order valence-electron chi connectivity index (χ1n) is 4.28. The smallest absolute Gasteiger partial charge is 0.325 e. The lowest BCUT2D eigenvalue weighted by molar-refractivity contribution is -0.138. The van der Waals surface area contributed by atoms with Gasteiger partial charge < -0.3 is 15.7 Å². The van der Waals surface area contributed by atoms with Gasteiger partial charge in [0.25, 0.3) is 0 Å². The Hall–Kier alpha value is -1.55. The fraction of sp³-hybridized carbons (Fsp3) is 0.300. The van der Waals surface area contributed by atoms with Gasteiger partial charge in [-0.3, -0.25) is 4.79 Å². The zero-order valence-electron chi connectivity index (χ0n) is 8.27. The van der Waals surface area contributed by atoms with Crippen molar-refractivity contribution in [1.29, 1.82) is 0 Å². The maximum atomic E-state index is 10.6. The number of carboxylic acid groups (broad SMARTS) is 1. The van der Waals surface area contributed by atoms with Gasteiger partial charge in [0, 0.05) is 19.8 Å². The van der Waals surface area contributed by atoms with Gasteiger partial charge >= 0.3 is 5.97 Å². The first-order chi connectivity index (χ1) is 6.52. The minimum atomic E-state index is -1.01. The number of nitrogens with zero attached hydrogens (tertiary/aromatic N) is 1. The zero-order valence-corrected chi connectivity index (χ0v) is 8.27. The summed E-state index contributed by atoms with van der Waals surface area (Å²) in [6.45, 7) is 0. The van der Waals surface area contributed by atoms with Crippen LogP contribution >= 0.6 is 0 Å². The molecule has 0 aliphatic carbocycles. The first-order valence-corrected chi connectivity index (χ1v) is 4.28. The molecular formula is C10H14N2O2.